The zero-order chi connectivity index (χ0) is 25.2. The normalized spacial score (nSPS) is 14.9. The van der Waals surface area contributed by atoms with Gasteiger partial charge < -0.3 is 20.4 Å². The molecule has 3 rings (SSSR count). The first-order valence-electron chi connectivity index (χ1n) is 10.8. The molecule has 1 heterocycles. The molecular formula is C27H39N3O3. The molecule has 1 aliphatic heterocycles. The lowest BCUT2D eigenvalue weighted by atomic mass is 10.0. The summed E-state index contributed by atoms with van der Waals surface area (Å²) in [6.07, 6.45) is 10.6. The molecule has 2 aromatic rings. The van der Waals surface area contributed by atoms with E-state index >= 15 is 0 Å². The highest BCUT2D eigenvalue weighted by atomic mass is 16.4. The molecule has 6 nitrogen and oxygen atoms in total. The molecule has 0 spiro atoms. The molecule has 0 radical (unpaired) electrons. The number of terminal acetylenes is 1. The molecule has 1 aliphatic rings. The maximum Gasteiger partial charge on any atom is 0.335 e. The van der Waals surface area contributed by atoms with Gasteiger partial charge in [0.25, 0.3) is 0 Å². The number of piperazine rings is 1. The van der Waals surface area contributed by atoms with E-state index in [4.69, 9.17) is 5.11 Å². The Morgan fingerprint density at radius 3 is 2.27 bits per heavy atom. The van der Waals surface area contributed by atoms with E-state index in [0.29, 0.717) is 12.5 Å². The molecule has 2 aromatic carbocycles. The number of phenols is 1. The Labute approximate surface area is 199 Å². The molecular weight excluding hydrogens is 414 g/mol. The number of hydrogen-bond acceptors (Lipinski definition) is 5. The molecule has 0 amide bonds. The summed E-state index contributed by atoms with van der Waals surface area (Å²) in [6, 6.07) is 14.4. The summed E-state index contributed by atoms with van der Waals surface area (Å²) in [4.78, 5) is 15.2. The van der Waals surface area contributed by atoms with Crippen molar-refractivity contribution in [1.82, 2.24) is 15.1 Å². The second-order valence-electron chi connectivity index (χ2n) is 8.10. The van der Waals surface area contributed by atoms with E-state index < -0.39 is 5.97 Å². The molecule has 180 valence electrons. The average Bonchev–Trinajstić information content (AvgIpc) is 2.76. The van der Waals surface area contributed by atoms with Gasteiger partial charge in [0, 0.05) is 32.2 Å². The van der Waals surface area contributed by atoms with Gasteiger partial charge in [0.05, 0.1) is 5.56 Å². The minimum Gasteiger partial charge on any atom is -0.508 e. The molecule has 1 atom stereocenters. The van der Waals surface area contributed by atoms with Gasteiger partial charge in [0.1, 0.15) is 5.75 Å². The topological polar surface area (TPSA) is 76.0 Å². The largest absolute Gasteiger partial charge is 0.508 e. The molecule has 1 saturated heterocycles. The highest BCUT2D eigenvalue weighted by Gasteiger charge is 2.13. The van der Waals surface area contributed by atoms with E-state index in [9.17, 15) is 9.90 Å². The lowest BCUT2D eigenvalue weighted by Crippen LogP contribution is -2.49. The fourth-order valence-electron chi connectivity index (χ4n) is 3.08. The van der Waals surface area contributed by atoms with Gasteiger partial charge in [0.2, 0.25) is 0 Å². The number of phenolic OH excluding ortho intramolecular Hbond substituents is 1. The van der Waals surface area contributed by atoms with Crippen LogP contribution in [-0.2, 0) is 6.42 Å². The number of rotatable bonds is 5. The first-order valence-corrected chi connectivity index (χ1v) is 10.8. The zero-order valence-electron chi connectivity index (χ0n) is 20.4. The smallest absolute Gasteiger partial charge is 0.335 e. The molecule has 33 heavy (non-hydrogen) atoms. The molecule has 0 saturated carbocycles. The number of hydrogen-bond donors (Lipinski definition) is 3. The first kappa shape index (κ1) is 29.9. The van der Waals surface area contributed by atoms with Crippen LogP contribution in [0.25, 0.3) is 0 Å². The van der Waals surface area contributed by atoms with E-state index in [1.165, 1.54) is 0 Å². The Morgan fingerprint density at radius 2 is 1.76 bits per heavy atom. The van der Waals surface area contributed by atoms with Crippen LogP contribution in [0.1, 0.15) is 28.4 Å². The SMILES string of the molecule is C#C.C=CCN1CCN[C@@H](C)C1.CN(C)C.O=C(O)c1cccc(Cc2cccc(O)c2)c1. The Bertz CT molecular complexity index is 847. The summed E-state index contributed by atoms with van der Waals surface area (Å²) in [5, 5.41) is 21.6. The van der Waals surface area contributed by atoms with Crippen LogP contribution in [0.5, 0.6) is 5.75 Å². The molecule has 0 bridgehead atoms. The third kappa shape index (κ3) is 14.6. The summed E-state index contributed by atoms with van der Waals surface area (Å²) >= 11 is 0. The maximum absolute atomic E-state index is 10.8. The Kier molecular flexibility index (Phi) is 15.8. The Hall–Kier alpha value is -3.11. The van der Waals surface area contributed by atoms with Crippen LogP contribution in [0.2, 0.25) is 0 Å². The van der Waals surface area contributed by atoms with E-state index in [-0.39, 0.29) is 11.3 Å². The van der Waals surface area contributed by atoms with Crippen LogP contribution in [0.15, 0.2) is 61.2 Å². The highest BCUT2D eigenvalue weighted by Crippen LogP contribution is 2.16. The number of carbonyl (C=O) groups is 1. The third-order valence-corrected chi connectivity index (χ3v) is 4.33. The number of nitrogens with zero attached hydrogens (tertiary/aromatic N) is 2. The average molecular weight is 454 g/mol. The maximum atomic E-state index is 10.8. The summed E-state index contributed by atoms with van der Waals surface area (Å²) in [5.74, 6) is -0.709. The molecule has 6 heteroatoms. The second kappa shape index (κ2) is 17.4. The number of benzene rings is 2. The van der Waals surface area contributed by atoms with Gasteiger partial charge in [-0.1, -0.05) is 30.3 Å². The van der Waals surface area contributed by atoms with Crippen molar-refractivity contribution in [2.45, 2.75) is 19.4 Å². The van der Waals surface area contributed by atoms with Crippen LogP contribution in [-0.4, -0.2) is 79.3 Å². The van der Waals surface area contributed by atoms with Crippen molar-refractivity contribution in [3.05, 3.63) is 77.9 Å². The van der Waals surface area contributed by atoms with Crippen LogP contribution in [0.4, 0.5) is 0 Å². The summed E-state index contributed by atoms with van der Waals surface area (Å²) < 4.78 is 0. The van der Waals surface area contributed by atoms with Crippen LogP contribution in [0, 0.1) is 12.8 Å². The molecule has 0 aliphatic carbocycles. The van der Waals surface area contributed by atoms with Gasteiger partial charge in [-0.15, -0.1) is 19.4 Å². The van der Waals surface area contributed by atoms with E-state index in [0.717, 1.165) is 37.3 Å². The van der Waals surface area contributed by atoms with Gasteiger partial charge in [-0.05, 0) is 69.9 Å². The minimum absolute atomic E-state index is 0.219. The second-order valence-corrected chi connectivity index (χ2v) is 8.10. The highest BCUT2D eigenvalue weighted by molar-refractivity contribution is 5.87. The van der Waals surface area contributed by atoms with Crippen molar-refractivity contribution in [1.29, 1.82) is 0 Å². The van der Waals surface area contributed by atoms with Crippen molar-refractivity contribution >= 4 is 5.97 Å². The number of carboxylic acids is 1. The van der Waals surface area contributed by atoms with E-state index in [1.807, 2.05) is 44.3 Å². The summed E-state index contributed by atoms with van der Waals surface area (Å²) in [6.45, 7) is 10.4. The predicted octanol–water partition coefficient (Wildman–Crippen LogP) is 3.57. The fourth-order valence-corrected chi connectivity index (χ4v) is 3.08. The molecule has 0 unspecified atom stereocenters. The lowest BCUT2D eigenvalue weighted by Gasteiger charge is -2.30. The third-order valence-electron chi connectivity index (χ3n) is 4.33. The summed E-state index contributed by atoms with van der Waals surface area (Å²) in [7, 11) is 6.00. The van der Waals surface area contributed by atoms with E-state index in [2.05, 4.69) is 36.6 Å². The van der Waals surface area contributed by atoms with Crippen LogP contribution < -0.4 is 5.32 Å². The van der Waals surface area contributed by atoms with E-state index in [1.54, 1.807) is 36.4 Å². The standard InChI is InChI=1S/C14H12O3.C8H16N2.C3H9N.C2H2/c15-13-6-2-4-11(9-13)7-10-3-1-5-12(8-10)14(16)17;1-3-5-10-6-4-9-8(2)7-10;1-4(2)3;1-2/h1-6,8-9,15H,7H2,(H,16,17);3,8-9H,1,4-7H2,2H3;1-3H3;1-2H/t;8-;;/m.0../s1. The number of aromatic carboxylic acids is 1. The molecule has 3 N–H and O–H groups in total. The number of aromatic hydroxyl groups is 1. The summed E-state index contributed by atoms with van der Waals surface area (Å²) in [5.41, 5.74) is 2.14. The van der Waals surface area contributed by atoms with Crippen molar-refractivity contribution < 1.29 is 15.0 Å². The van der Waals surface area contributed by atoms with Gasteiger partial charge >= 0.3 is 5.97 Å². The molecule has 0 aromatic heterocycles. The van der Waals surface area contributed by atoms with Crippen molar-refractivity contribution in [3.8, 4) is 18.6 Å². The van der Waals surface area contributed by atoms with Crippen LogP contribution >= 0.6 is 0 Å². The van der Waals surface area contributed by atoms with Crippen molar-refractivity contribution in [2.75, 3.05) is 47.3 Å². The molecule has 1 fully saturated rings. The lowest BCUT2D eigenvalue weighted by molar-refractivity contribution is 0.0696. The fraction of sp³-hybridized carbons (Fsp3) is 0.370. The first-order chi connectivity index (χ1) is 15.7. The van der Waals surface area contributed by atoms with Gasteiger partial charge in [0.15, 0.2) is 0 Å². The van der Waals surface area contributed by atoms with Crippen molar-refractivity contribution in [3.63, 3.8) is 0 Å². The zero-order valence-corrected chi connectivity index (χ0v) is 20.4. The quantitative estimate of drug-likeness (QED) is 0.475. The number of carboxylic acid groups (broad SMARTS) is 1. The minimum atomic E-state index is -0.928. The van der Waals surface area contributed by atoms with Crippen LogP contribution in [0.3, 0.4) is 0 Å². The Balaban J connectivity index is 0.000000543. The monoisotopic (exact) mass is 453 g/mol. The predicted molar refractivity (Wildman–Crippen MR) is 138 cm³/mol. The number of nitrogens with one attached hydrogen (secondary N) is 1. The van der Waals surface area contributed by atoms with Gasteiger partial charge in [-0.3, -0.25) is 4.90 Å². The van der Waals surface area contributed by atoms with Gasteiger partial charge in [-0.2, -0.15) is 0 Å². The Morgan fingerprint density at radius 1 is 1.18 bits per heavy atom. The van der Waals surface area contributed by atoms with Gasteiger partial charge in [-0.25, -0.2) is 4.79 Å². The van der Waals surface area contributed by atoms with Crippen molar-refractivity contribution in [2.24, 2.45) is 0 Å².